The van der Waals surface area contributed by atoms with Crippen LogP contribution in [0.25, 0.3) is 0 Å². The summed E-state index contributed by atoms with van der Waals surface area (Å²) in [4.78, 5) is 10.7. The summed E-state index contributed by atoms with van der Waals surface area (Å²) in [6.07, 6.45) is 0. The van der Waals surface area contributed by atoms with Gasteiger partial charge in [0.25, 0.3) is 0 Å². The molecule has 0 fully saturated rings. The topological polar surface area (TPSA) is 26.3 Å². The van der Waals surface area contributed by atoms with E-state index >= 15 is 0 Å². The van der Waals surface area contributed by atoms with Crippen LogP contribution in [0.1, 0.15) is 6.92 Å². The van der Waals surface area contributed by atoms with E-state index in [0.717, 1.165) is 11.8 Å². The Balaban J connectivity index is 3.39. The highest BCUT2D eigenvalue weighted by Crippen LogP contribution is 2.07. The van der Waals surface area contributed by atoms with Gasteiger partial charge in [0.1, 0.15) is 0 Å². The molecule has 0 atom stereocenters. The minimum atomic E-state index is -0.00292. The fraction of sp³-hybridized carbons (Fsp3) is 0.500. The van der Waals surface area contributed by atoms with Crippen molar-refractivity contribution in [2.45, 2.75) is 6.92 Å². The van der Waals surface area contributed by atoms with Gasteiger partial charge in [-0.25, -0.2) is 0 Å². The van der Waals surface area contributed by atoms with Crippen LogP contribution in [0.3, 0.4) is 0 Å². The summed E-state index contributed by atoms with van der Waals surface area (Å²) >= 11 is 1.12. The van der Waals surface area contributed by atoms with Gasteiger partial charge in [-0.3, -0.25) is 4.79 Å². The van der Waals surface area contributed by atoms with Crippen LogP contribution in [0.5, 0.6) is 0 Å². The van der Waals surface area contributed by atoms with E-state index in [1.165, 1.54) is 0 Å². The van der Waals surface area contributed by atoms with E-state index in [2.05, 4.69) is 11.3 Å². The summed E-state index contributed by atoms with van der Waals surface area (Å²) in [6, 6.07) is 0. The number of methoxy groups -OCH3 is 1. The molecule has 0 bridgehead atoms. The summed E-state index contributed by atoms with van der Waals surface area (Å²) in [5, 5.41) is -0.00292. The number of hydrogen-bond acceptors (Lipinski definition) is 3. The minimum Gasteiger partial charge on any atom is -0.374 e. The predicted molar refractivity (Wildman–Crippen MR) is 39.3 cm³/mol. The maximum atomic E-state index is 10.7. The number of hydrogen-bond donors (Lipinski definition) is 0. The van der Waals surface area contributed by atoms with Crippen LogP contribution in [0, 0.1) is 0 Å². The zero-order valence-corrected chi connectivity index (χ0v) is 6.46. The molecule has 9 heavy (non-hydrogen) atoms. The zero-order chi connectivity index (χ0) is 7.28. The Bertz CT molecular complexity index is 120. The average molecular weight is 146 g/mol. The van der Waals surface area contributed by atoms with Gasteiger partial charge in [-0.05, 0) is 12.5 Å². The molecular formula is C6H10O2S. The molecule has 0 aromatic carbocycles. The molecule has 0 spiro atoms. The van der Waals surface area contributed by atoms with E-state index in [4.69, 9.17) is 0 Å². The maximum Gasteiger partial charge on any atom is 0.216 e. The summed E-state index contributed by atoms with van der Waals surface area (Å²) < 4.78 is 4.66. The third-order valence-corrected chi connectivity index (χ3v) is 1.62. The van der Waals surface area contributed by atoms with Gasteiger partial charge in [-0.1, -0.05) is 18.3 Å². The first-order valence-corrected chi connectivity index (χ1v) is 3.48. The fourth-order valence-electron chi connectivity index (χ4n) is 0.236. The van der Waals surface area contributed by atoms with Gasteiger partial charge in [0.15, 0.2) is 0 Å². The Morgan fingerprint density at radius 2 is 2.33 bits per heavy atom. The van der Waals surface area contributed by atoms with Crippen LogP contribution in [-0.4, -0.2) is 18.2 Å². The molecule has 52 valence electrons. The van der Waals surface area contributed by atoms with Gasteiger partial charge in [-0.2, -0.15) is 0 Å². The number of carbonyl (C=O) groups excluding carboxylic acids is 1. The maximum absolute atomic E-state index is 10.7. The first kappa shape index (κ1) is 8.72. The molecule has 0 rings (SSSR count). The van der Waals surface area contributed by atoms with Crippen LogP contribution in [0.4, 0.5) is 0 Å². The van der Waals surface area contributed by atoms with Crippen molar-refractivity contribution in [3.05, 3.63) is 12.2 Å². The Hall–Kier alpha value is -0.280. The normalized spacial score (nSPS) is 9.11. The molecule has 0 unspecified atom stereocenters. The van der Waals surface area contributed by atoms with Crippen LogP contribution in [-0.2, 0) is 9.53 Å². The standard InChI is InChI=1S/C6H10O2S/c1-5(2)6(7)9-4-8-3/h1,4H2,2-3H3. The Kier molecular flexibility index (Phi) is 4.44. The zero-order valence-electron chi connectivity index (χ0n) is 5.64. The number of carbonyl (C=O) groups is 1. The molecule has 0 N–H and O–H groups in total. The second-order valence-corrected chi connectivity index (χ2v) is 2.51. The van der Waals surface area contributed by atoms with E-state index in [9.17, 15) is 4.79 Å². The molecule has 0 radical (unpaired) electrons. The first-order valence-electron chi connectivity index (χ1n) is 2.50. The van der Waals surface area contributed by atoms with Crippen molar-refractivity contribution in [2.75, 3.05) is 13.0 Å². The summed E-state index contributed by atoms with van der Waals surface area (Å²) in [5.74, 6) is 0.408. The van der Waals surface area contributed by atoms with Crippen LogP contribution in [0.15, 0.2) is 12.2 Å². The SMILES string of the molecule is C=C(C)C(=O)SCOC. The molecule has 3 heteroatoms. The lowest BCUT2D eigenvalue weighted by molar-refractivity contribution is -0.107. The molecule has 0 aliphatic heterocycles. The van der Waals surface area contributed by atoms with Crippen molar-refractivity contribution in [2.24, 2.45) is 0 Å². The molecule has 0 aromatic rings. The van der Waals surface area contributed by atoms with Crippen molar-refractivity contribution in [1.29, 1.82) is 0 Å². The lowest BCUT2D eigenvalue weighted by Gasteiger charge is -1.95. The number of ether oxygens (including phenoxy) is 1. The van der Waals surface area contributed by atoms with Crippen LogP contribution >= 0.6 is 11.8 Å². The lowest BCUT2D eigenvalue weighted by atomic mass is 10.4. The smallest absolute Gasteiger partial charge is 0.216 e. The first-order chi connectivity index (χ1) is 4.18. The van der Waals surface area contributed by atoms with E-state index in [1.807, 2.05) is 0 Å². The second-order valence-electron chi connectivity index (χ2n) is 1.62. The highest BCUT2D eigenvalue weighted by molar-refractivity contribution is 8.14. The monoisotopic (exact) mass is 146 g/mol. The third kappa shape index (κ3) is 4.24. The predicted octanol–water partition coefficient (Wildman–Crippen LogP) is 1.43. The summed E-state index contributed by atoms with van der Waals surface area (Å²) in [7, 11) is 1.55. The van der Waals surface area contributed by atoms with E-state index in [0.29, 0.717) is 11.5 Å². The van der Waals surface area contributed by atoms with Gasteiger partial charge in [0, 0.05) is 7.11 Å². The number of rotatable bonds is 3. The van der Waals surface area contributed by atoms with E-state index in [1.54, 1.807) is 14.0 Å². The Morgan fingerprint density at radius 1 is 1.78 bits per heavy atom. The molecular weight excluding hydrogens is 136 g/mol. The van der Waals surface area contributed by atoms with Crippen molar-refractivity contribution in [3.63, 3.8) is 0 Å². The lowest BCUT2D eigenvalue weighted by Crippen LogP contribution is -1.94. The van der Waals surface area contributed by atoms with Crippen molar-refractivity contribution < 1.29 is 9.53 Å². The van der Waals surface area contributed by atoms with Crippen molar-refractivity contribution in [1.82, 2.24) is 0 Å². The summed E-state index contributed by atoms with van der Waals surface area (Å²) in [5.41, 5.74) is 0.567. The fourth-order valence-corrected chi connectivity index (χ4v) is 0.707. The van der Waals surface area contributed by atoms with Crippen LogP contribution in [0.2, 0.25) is 0 Å². The molecule has 0 heterocycles. The van der Waals surface area contributed by atoms with Gasteiger partial charge in [0.05, 0.1) is 5.94 Å². The Labute approximate surface area is 59.3 Å². The second kappa shape index (κ2) is 4.58. The van der Waals surface area contributed by atoms with Crippen molar-refractivity contribution >= 4 is 16.9 Å². The minimum absolute atomic E-state index is 0.00292. The number of thioether (sulfide) groups is 1. The van der Waals surface area contributed by atoms with E-state index in [-0.39, 0.29) is 5.12 Å². The van der Waals surface area contributed by atoms with Gasteiger partial charge < -0.3 is 4.74 Å². The highest BCUT2D eigenvalue weighted by atomic mass is 32.2. The van der Waals surface area contributed by atoms with Crippen LogP contribution < -0.4 is 0 Å². The van der Waals surface area contributed by atoms with Crippen molar-refractivity contribution in [3.8, 4) is 0 Å². The quantitative estimate of drug-likeness (QED) is 0.445. The average Bonchev–Trinajstić information content (AvgIpc) is 1.82. The molecule has 0 amide bonds. The third-order valence-electron chi connectivity index (χ3n) is 0.656. The van der Waals surface area contributed by atoms with E-state index < -0.39 is 0 Å². The highest BCUT2D eigenvalue weighted by Gasteiger charge is 2.00. The van der Waals surface area contributed by atoms with Gasteiger partial charge >= 0.3 is 0 Å². The summed E-state index contributed by atoms with van der Waals surface area (Å²) in [6.45, 7) is 5.17. The van der Waals surface area contributed by atoms with Gasteiger partial charge in [-0.15, -0.1) is 0 Å². The molecule has 2 nitrogen and oxygen atoms in total. The Morgan fingerprint density at radius 3 is 2.67 bits per heavy atom. The largest absolute Gasteiger partial charge is 0.374 e. The van der Waals surface area contributed by atoms with Gasteiger partial charge in [0.2, 0.25) is 5.12 Å². The molecule has 0 saturated heterocycles. The molecule has 0 aliphatic rings. The molecule has 0 aromatic heterocycles. The molecule has 0 saturated carbocycles. The molecule has 0 aliphatic carbocycles.